The van der Waals surface area contributed by atoms with Crippen LogP contribution in [0, 0.1) is 22.0 Å². The van der Waals surface area contributed by atoms with Crippen LogP contribution in [0.1, 0.15) is 28.2 Å². The summed E-state index contributed by atoms with van der Waals surface area (Å²) in [7, 11) is 0. The number of rotatable bonds is 4. The van der Waals surface area contributed by atoms with Crippen molar-refractivity contribution < 1.29 is 14.5 Å². The zero-order valence-corrected chi connectivity index (χ0v) is 21.2. The van der Waals surface area contributed by atoms with Gasteiger partial charge in [-0.05, 0) is 46.5 Å². The van der Waals surface area contributed by atoms with E-state index in [1.807, 2.05) is 48.5 Å². The number of amides is 2. The number of imide groups is 1. The van der Waals surface area contributed by atoms with Crippen LogP contribution in [-0.4, -0.2) is 23.0 Å². The SMILES string of the molecule is O=C1[C@@H]2[C@@H](C(=O)N1c1ccccc1Cl)C1c3ccccc3C2(C=Nc2ccc([N+](=O)[O-])cc2)c2ccccc21. The molecule has 2 atom stereocenters. The summed E-state index contributed by atoms with van der Waals surface area (Å²) in [6.07, 6.45) is 1.76. The van der Waals surface area contributed by atoms with Gasteiger partial charge >= 0.3 is 0 Å². The molecule has 0 unspecified atom stereocenters. The molecule has 2 bridgehead atoms. The van der Waals surface area contributed by atoms with Gasteiger partial charge in [-0.3, -0.25) is 24.7 Å². The lowest BCUT2D eigenvalue weighted by Gasteiger charge is -2.52. The van der Waals surface area contributed by atoms with Crippen molar-refractivity contribution >= 4 is 46.7 Å². The summed E-state index contributed by atoms with van der Waals surface area (Å²) in [4.78, 5) is 45.2. The van der Waals surface area contributed by atoms with Gasteiger partial charge in [-0.1, -0.05) is 72.3 Å². The predicted molar refractivity (Wildman–Crippen MR) is 148 cm³/mol. The molecule has 1 aliphatic heterocycles. The Morgan fingerprint density at radius 1 is 0.821 bits per heavy atom. The largest absolute Gasteiger partial charge is 0.274 e. The summed E-state index contributed by atoms with van der Waals surface area (Å²) in [6.45, 7) is 0. The Morgan fingerprint density at radius 2 is 1.41 bits per heavy atom. The molecule has 0 N–H and O–H groups in total. The van der Waals surface area contributed by atoms with E-state index in [1.165, 1.54) is 17.0 Å². The fraction of sp³-hybridized carbons (Fsp3) is 0.129. The topological polar surface area (TPSA) is 92.9 Å². The van der Waals surface area contributed by atoms with Crippen LogP contribution in [0.25, 0.3) is 0 Å². The normalized spacial score (nSPS) is 24.5. The average molecular weight is 534 g/mol. The summed E-state index contributed by atoms with van der Waals surface area (Å²) < 4.78 is 0. The zero-order chi connectivity index (χ0) is 26.9. The van der Waals surface area contributed by atoms with Crippen LogP contribution in [0.2, 0.25) is 5.02 Å². The van der Waals surface area contributed by atoms with E-state index < -0.39 is 22.2 Å². The molecule has 3 aliphatic carbocycles. The molecular formula is C31H20ClN3O4. The van der Waals surface area contributed by atoms with Crippen LogP contribution >= 0.6 is 11.6 Å². The van der Waals surface area contributed by atoms with Gasteiger partial charge < -0.3 is 0 Å². The van der Waals surface area contributed by atoms with Gasteiger partial charge in [0, 0.05) is 24.3 Å². The Balaban J connectivity index is 1.48. The van der Waals surface area contributed by atoms with E-state index >= 15 is 0 Å². The summed E-state index contributed by atoms with van der Waals surface area (Å²) >= 11 is 6.49. The van der Waals surface area contributed by atoms with E-state index in [2.05, 4.69) is 0 Å². The number of benzene rings is 4. The first kappa shape index (κ1) is 23.5. The predicted octanol–water partition coefficient (Wildman–Crippen LogP) is 6.20. The number of nitrogens with zero attached hydrogens (tertiary/aromatic N) is 3. The van der Waals surface area contributed by atoms with Crippen molar-refractivity contribution in [3.63, 3.8) is 0 Å². The maximum atomic E-state index is 14.4. The number of nitro benzene ring substituents is 1. The highest BCUT2D eigenvalue weighted by molar-refractivity contribution is 6.36. The van der Waals surface area contributed by atoms with Crippen LogP contribution in [0.15, 0.2) is 102 Å². The number of hydrogen-bond donors (Lipinski definition) is 0. The highest BCUT2D eigenvalue weighted by atomic mass is 35.5. The lowest BCUT2D eigenvalue weighted by Crippen LogP contribution is -2.54. The summed E-state index contributed by atoms with van der Waals surface area (Å²) in [5.74, 6) is -2.26. The van der Waals surface area contributed by atoms with Gasteiger partial charge in [0.15, 0.2) is 0 Å². The average Bonchev–Trinajstić information content (AvgIpc) is 3.23. The third-order valence-corrected chi connectivity index (χ3v) is 8.57. The second-order valence-corrected chi connectivity index (χ2v) is 10.4. The molecule has 1 fully saturated rings. The number of non-ortho nitro benzene ring substituents is 1. The molecule has 2 amide bonds. The molecule has 4 aromatic carbocycles. The number of nitro groups is 1. The van der Waals surface area contributed by atoms with Crippen LogP contribution < -0.4 is 4.90 Å². The van der Waals surface area contributed by atoms with Gasteiger partial charge in [-0.15, -0.1) is 0 Å². The molecule has 39 heavy (non-hydrogen) atoms. The molecule has 1 heterocycles. The van der Waals surface area contributed by atoms with Crippen molar-refractivity contribution in [1.29, 1.82) is 0 Å². The Bertz CT molecular complexity index is 1680. The van der Waals surface area contributed by atoms with Crippen molar-refractivity contribution in [2.45, 2.75) is 11.3 Å². The van der Waals surface area contributed by atoms with Gasteiger partial charge in [0.2, 0.25) is 11.8 Å². The number of halogens is 1. The first-order valence-electron chi connectivity index (χ1n) is 12.5. The minimum atomic E-state index is -1.03. The second kappa shape index (κ2) is 8.44. The summed E-state index contributed by atoms with van der Waals surface area (Å²) in [6, 6.07) is 28.7. The van der Waals surface area contributed by atoms with E-state index in [9.17, 15) is 19.7 Å². The Labute approximate surface area is 228 Å². The van der Waals surface area contributed by atoms with Crippen molar-refractivity contribution in [1.82, 2.24) is 0 Å². The lowest BCUT2D eigenvalue weighted by atomic mass is 9.47. The number of aliphatic imine (C=N–C) groups is 1. The fourth-order valence-corrected chi connectivity index (χ4v) is 6.98. The maximum absolute atomic E-state index is 14.4. The van der Waals surface area contributed by atoms with E-state index in [1.54, 1.807) is 42.6 Å². The molecule has 4 aromatic rings. The molecule has 0 aromatic heterocycles. The molecule has 1 saturated heterocycles. The third kappa shape index (κ3) is 3.14. The number of anilines is 1. The van der Waals surface area contributed by atoms with Crippen LogP contribution in [0.3, 0.4) is 0 Å². The standard InChI is InChI=1S/C31H20ClN3O4/c32-24-11-5-6-12-25(24)34-29(36)27-26-20-7-1-3-9-22(20)31(28(27)30(34)37,23-10-4-2-8-21(23)26)17-33-18-13-15-19(16-14-18)35(38)39/h1-17,26-28H/t26?,27-,28-,31?/m0/s1. The first-order chi connectivity index (χ1) is 18.9. The van der Waals surface area contributed by atoms with E-state index in [0.717, 1.165) is 22.3 Å². The Kier molecular flexibility index (Phi) is 5.09. The van der Waals surface area contributed by atoms with Crippen LogP contribution in [-0.2, 0) is 15.0 Å². The molecule has 190 valence electrons. The minimum absolute atomic E-state index is 0.0343. The molecule has 7 nitrogen and oxygen atoms in total. The second-order valence-electron chi connectivity index (χ2n) is 10.0. The first-order valence-corrected chi connectivity index (χ1v) is 12.9. The van der Waals surface area contributed by atoms with Crippen molar-refractivity contribution in [3.05, 3.63) is 134 Å². The van der Waals surface area contributed by atoms with Gasteiger partial charge in [0.25, 0.3) is 5.69 Å². The van der Waals surface area contributed by atoms with Crippen molar-refractivity contribution in [2.24, 2.45) is 16.8 Å². The highest BCUT2D eigenvalue weighted by Gasteiger charge is 2.68. The molecule has 0 spiro atoms. The van der Waals surface area contributed by atoms with Crippen molar-refractivity contribution in [2.75, 3.05) is 4.90 Å². The summed E-state index contributed by atoms with van der Waals surface area (Å²) in [5.41, 5.74) is 3.67. The maximum Gasteiger partial charge on any atom is 0.269 e. The minimum Gasteiger partial charge on any atom is -0.274 e. The van der Waals surface area contributed by atoms with E-state index in [0.29, 0.717) is 16.4 Å². The number of carbonyl (C=O) groups excluding carboxylic acids is 2. The van der Waals surface area contributed by atoms with Gasteiger partial charge in [0.05, 0.1) is 38.6 Å². The smallest absolute Gasteiger partial charge is 0.269 e. The van der Waals surface area contributed by atoms with Gasteiger partial charge in [-0.2, -0.15) is 0 Å². The van der Waals surface area contributed by atoms with E-state index in [4.69, 9.17) is 16.6 Å². The Morgan fingerprint density at radius 3 is 2.03 bits per heavy atom. The van der Waals surface area contributed by atoms with Crippen LogP contribution in [0.5, 0.6) is 0 Å². The molecule has 0 saturated carbocycles. The molecule has 4 aliphatic rings. The third-order valence-electron chi connectivity index (χ3n) is 8.25. The fourth-order valence-electron chi connectivity index (χ4n) is 6.76. The molecule has 8 heteroatoms. The zero-order valence-electron chi connectivity index (χ0n) is 20.4. The van der Waals surface area contributed by atoms with Gasteiger partial charge in [0.1, 0.15) is 0 Å². The molecular weight excluding hydrogens is 514 g/mol. The lowest BCUT2D eigenvalue weighted by molar-refractivity contribution is -0.384. The van der Waals surface area contributed by atoms with E-state index in [-0.39, 0.29) is 23.4 Å². The number of para-hydroxylation sites is 1. The quantitative estimate of drug-likeness (QED) is 0.135. The monoisotopic (exact) mass is 533 g/mol. The van der Waals surface area contributed by atoms with Crippen LogP contribution in [0.4, 0.5) is 17.1 Å². The Hall–Kier alpha value is -4.62. The summed E-state index contributed by atoms with van der Waals surface area (Å²) in [5, 5.41) is 11.5. The molecule has 0 radical (unpaired) electrons. The molecule has 8 rings (SSSR count). The highest BCUT2D eigenvalue weighted by Crippen LogP contribution is 2.64. The number of carbonyl (C=O) groups is 2. The number of hydrogen-bond acceptors (Lipinski definition) is 5. The van der Waals surface area contributed by atoms with Crippen molar-refractivity contribution in [3.8, 4) is 0 Å². The van der Waals surface area contributed by atoms with Gasteiger partial charge in [-0.25, -0.2) is 4.90 Å².